The number of ether oxygens (including phenoxy) is 1. The van der Waals surface area contributed by atoms with Gasteiger partial charge >= 0.3 is 12.1 Å². The van der Waals surface area contributed by atoms with Crippen LogP contribution in [0.3, 0.4) is 0 Å². The Hall–Kier alpha value is -1.59. The molecule has 1 amide bonds. The highest BCUT2D eigenvalue weighted by Gasteiger charge is 2.33. The summed E-state index contributed by atoms with van der Waals surface area (Å²) >= 11 is 0. The van der Waals surface area contributed by atoms with Gasteiger partial charge in [0.15, 0.2) is 0 Å². The van der Waals surface area contributed by atoms with E-state index >= 15 is 0 Å². The summed E-state index contributed by atoms with van der Waals surface area (Å²) in [7, 11) is 0. The molecule has 1 atom stereocenters. The number of ketones is 1. The topological polar surface area (TPSA) is 92.7 Å². The average molecular weight is 271 g/mol. The predicted octanol–water partition coefficient (Wildman–Crippen LogP) is 1.72. The lowest BCUT2D eigenvalue weighted by Crippen LogP contribution is -2.48. The number of carboxylic acids is 1. The van der Waals surface area contributed by atoms with Gasteiger partial charge in [0, 0.05) is 12.8 Å². The van der Waals surface area contributed by atoms with Crippen LogP contribution in [0.15, 0.2) is 0 Å². The molecule has 108 valence electrons. The van der Waals surface area contributed by atoms with Crippen LogP contribution < -0.4 is 5.32 Å². The fourth-order valence-corrected chi connectivity index (χ4v) is 2.11. The molecule has 0 unspecified atom stereocenters. The summed E-state index contributed by atoms with van der Waals surface area (Å²) < 4.78 is 5.05. The Balaban J connectivity index is 2.61. The van der Waals surface area contributed by atoms with Crippen LogP contribution in [0.1, 0.15) is 46.5 Å². The Morgan fingerprint density at radius 1 is 1.32 bits per heavy atom. The molecule has 0 saturated heterocycles. The van der Waals surface area contributed by atoms with E-state index in [4.69, 9.17) is 4.74 Å². The zero-order valence-corrected chi connectivity index (χ0v) is 11.6. The number of carbonyl (C=O) groups is 3. The van der Waals surface area contributed by atoms with E-state index in [0.29, 0.717) is 25.7 Å². The number of aliphatic carboxylic acids is 1. The van der Waals surface area contributed by atoms with E-state index in [0.717, 1.165) is 0 Å². The summed E-state index contributed by atoms with van der Waals surface area (Å²) in [5.74, 6) is -1.16. The van der Waals surface area contributed by atoms with E-state index in [1.807, 2.05) is 0 Å². The third-order valence-electron chi connectivity index (χ3n) is 3.00. The lowest BCUT2D eigenvalue weighted by Gasteiger charge is -2.28. The van der Waals surface area contributed by atoms with Crippen LogP contribution in [0.2, 0.25) is 0 Å². The molecule has 19 heavy (non-hydrogen) atoms. The molecule has 1 aliphatic carbocycles. The van der Waals surface area contributed by atoms with Gasteiger partial charge in [-0.15, -0.1) is 0 Å². The average Bonchev–Trinajstić information content (AvgIpc) is 2.24. The SMILES string of the molecule is CC(C)(C)OC(=O)N[C@H](C(=O)O)C1CCC(=O)CC1. The minimum Gasteiger partial charge on any atom is -0.480 e. The van der Waals surface area contributed by atoms with Gasteiger partial charge in [0.05, 0.1) is 0 Å². The second-order valence-electron chi connectivity index (χ2n) is 5.84. The summed E-state index contributed by atoms with van der Waals surface area (Å²) in [6, 6.07) is -0.997. The first-order valence-corrected chi connectivity index (χ1v) is 6.43. The first-order valence-electron chi connectivity index (χ1n) is 6.43. The third kappa shape index (κ3) is 5.28. The van der Waals surface area contributed by atoms with Crippen LogP contribution in [0.25, 0.3) is 0 Å². The molecule has 6 heteroatoms. The van der Waals surface area contributed by atoms with Crippen LogP contribution in [0.4, 0.5) is 4.79 Å². The summed E-state index contributed by atoms with van der Waals surface area (Å²) in [4.78, 5) is 34.0. The Kier molecular flexibility index (Phi) is 4.91. The van der Waals surface area contributed by atoms with Gasteiger partial charge in [0.25, 0.3) is 0 Å². The van der Waals surface area contributed by atoms with Crippen LogP contribution in [0.5, 0.6) is 0 Å². The lowest BCUT2D eigenvalue weighted by atomic mass is 9.83. The van der Waals surface area contributed by atoms with Gasteiger partial charge in [-0.3, -0.25) is 4.79 Å². The Labute approximate surface area is 112 Å². The third-order valence-corrected chi connectivity index (χ3v) is 3.00. The van der Waals surface area contributed by atoms with Crippen LogP contribution >= 0.6 is 0 Å². The van der Waals surface area contributed by atoms with E-state index in [9.17, 15) is 19.5 Å². The fraction of sp³-hybridized carbons (Fsp3) is 0.769. The van der Waals surface area contributed by atoms with Crippen molar-refractivity contribution in [2.75, 3.05) is 0 Å². The number of Topliss-reactive ketones (excluding diaryl/α,β-unsaturated/α-hetero) is 1. The standard InChI is InChI=1S/C13H21NO5/c1-13(2,3)19-12(18)14-10(11(16)17)8-4-6-9(15)7-5-8/h8,10H,4-7H2,1-3H3,(H,14,18)(H,16,17)/t10-/m0/s1. The highest BCUT2D eigenvalue weighted by molar-refractivity contribution is 5.82. The minimum atomic E-state index is -1.09. The number of hydrogen-bond acceptors (Lipinski definition) is 4. The number of hydrogen-bond donors (Lipinski definition) is 2. The van der Waals surface area contributed by atoms with Crippen molar-refractivity contribution in [1.82, 2.24) is 5.32 Å². The van der Waals surface area contributed by atoms with Gasteiger partial charge in [0.1, 0.15) is 17.4 Å². The fourth-order valence-electron chi connectivity index (χ4n) is 2.11. The molecule has 1 rings (SSSR count). The number of alkyl carbamates (subject to hydrolysis) is 1. The molecule has 0 bridgehead atoms. The molecule has 0 spiro atoms. The highest BCUT2D eigenvalue weighted by Crippen LogP contribution is 2.25. The Morgan fingerprint density at radius 3 is 2.26 bits per heavy atom. The molecule has 0 aliphatic heterocycles. The maximum absolute atomic E-state index is 11.6. The summed E-state index contributed by atoms with van der Waals surface area (Å²) in [6.45, 7) is 5.13. The van der Waals surface area contributed by atoms with Gasteiger partial charge in [-0.1, -0.05) is 0 Å². The highest BCUT2D eigenvalue weighted by atomic mass is 16.6. The number of amides is 1. The second kappa shape index (κ2) is 6.04. The minimum absolute atomic E-state index is 0.151. The molecule has 2 N–H and O–H groups in total. The monoisotopic (exact) mass is 271 g/mol. The van der Waals surface area contributed by atoms with Gasteiger partial charge in [-0.2, -0.15) is 0 Å². The van der Waals surface area contributed by atoms with Crippen molar-refractivity contribution in [2.24, 2.45) is 5.92 Å². The van der Waals surface area contributed by atoms with Crippen molar-refractivity contribution in [1.29, 1.82) is 0 Å². The maximum atomic E-state index is 11.6. The van der Waals surface area contributed by atoms with Crippen molar-refractivity contribution in [3.8, 4) is 0 Å². The smallest absolute Gasteiger partial charge is 0.408 e. The van der Waals surface area contributed by atoms with Gasteiger partial charge in [-0.25, -0.2) is 9.59 Å². The van der Waals surface area contributed by atoms with Gasteiger partial charge in [-0.05, 0) is 39.5 Å². The molecule has 1 aliphatic rings. The van der Waals surface area contributed by atoms with Crippen LogP contribution in [-0.2, 0) is 14.3 Å². The second-order valence-corrected chi connectivity index (χ2v) is 5.84. The largest absolute Gasteiger partial charge is 0.480 e. The number of nitrogens with one attached hydrogen (secondary N) is 1. The predicted molar refractivity (Wildman–Crippen MR) is 67.8 cm³/mol. The molecule has 6 nitrogen and oxygen atoms in total. The molecule has 1 saturated carbocycles. The van der Waals surface area contributed by atoms with Crippen molar-refractivity contribution in [2.45, 2.75) is 58.1 Å². The quantitative estimate of drug-likeness (QED) is 0.815. The zero-order valence-electron chi connectivity index (χ0n) is 11.6. The molecule has 0 aromatic carbocycles. The molecule has 1 fully saturated rings. The number of carboxylic acid groups (broad SMARTS) is 1. The van der Waals surface area contributed by atoms with E-state index < -0.39 is 23.7 Å². The van der Waals surface area contributed by atoms with Crippen molar-refractivity contribution >= 4 is 17.8 Å². The van der Waals surface area contributed by atoms with E-state index in [1.165, 1.54) is 0 Å². The number of carbonyl (C=O) groups excluding carboxylic acids is 2. The van der Waals surface area contributed by atoms with E-state index in [-0.39, 0.29) is 11.7 Å². The van der Waals surface area contributed by atoms with Crippen LogP contribution in [0, 0.1) is 5.92 Å². The number of rotatable bonds is 3. The molecule has 0 radical (unpaired) electrons. The summed E-state index contributed by atoms with van der Waals surface area (Å²) in [5.41, 5.74) is -0.671. The molecular weight excluding hydrogens is 250 g/mol. The van der Waals surface area contributed by atoms with Gasteiger partial charge in [0.2, 0.25) is 0 Å². The zero-order chi connectivity index (χ0) is 14.6. The van der Waals surface area contributed by atoms with E-state index in [2.05, 4.69) is 5.32 Å². The maximum Gasteiger partial charge on any atom is 0.408 e. The van der Waals surface area contributed by atoms with Crippen molar-refractivity contribution in [3.63, 3.8) is 0 Å². The molecule has 0 heterocycles. The van der Waals surface area contributed by atoms with Crippen molar-refractivity contribution < 1.29 is 24.2 Å². The Bertz CT molecular complexity index is 362. The first kappa shape index (κ1) is 15.5. The normalized spacial score (nSPS) is 18.8. The molecular formula is C13H21NO5. The van der Waals surface area contributed by atoms with Crippen molar-refractivity contribution in [3.05, 3.63) is 0 Å². The van der Waals surface area contributed by atoms with Gasteiger partial charge < -0.3 is 15.2 Å². The molecule has 0 aromatic heterocycles. The Morgan fingerprint density at radius 2 is 1.84 bits per heavy atom. The lowest BCUT2D eigenvalue weighted by molar-refractivity contribution is -0.142. The van der Waals surface area contributed by atoms with E-state index in [1.54, 1.807) is 20.8 Å². The van der Waals surface area contributed by atoms with Crippen LogP contribution in [-0.4, -0.2) is 34.6 Å². The summed E-state index contributed by atoms with van der Waals surface area (Å²) in [5, 5.41) is 11.6. The molecule has 0 aromatic rings. The first-order chi connectivity index (χ1) is 8.69. The summed E-state index contributed by atoms with van der Waals surface area (Å²) in [6.07, 6.45) is 1.00.